The molecule has 5 N–H and O–H groups in total. The van der Waals surface area contributed by atoms with Gasteiger partial charge in [0.15, 0.2) is 0 Å². The van der Waals surface area contributed by atoms with Crippen molar-refractivity contribution in [2.75, 3.05) is 16.8 Å². The summed E-state index contributed by atoms with van der Waals surface area (Å²) >= 11 is 9.39. The van der Waals surface area contributed by atoms with E-state index >= 15 is 0 Å². The number of aromatic nitrogens is 2. The van der Waals surface area contributed by atoms with Crippen LogP contribution in [0.15, 0.2) is 28.7 Å². The summed E-state index contributed by atoms with van der Waals surface area (Å²) < 4.78 is 0.902. The summed E-state index contributed by atoms with van der Waals surface area (Å²) in [6.07, 6.45) is 0. The third kappa shape index (κ3) is 2.98. The Balaban J connectivity index is 2.34. The van der Waals surface area contributed by atoms with Gasteiger partial charge >= 0.3 is 0 Å². The molecule has 0 unspecified atom stereocenters. The third-order valence-electron chi connectivity index (χ3n) is 1.95. The van der Waals surface area contributed by atoms with Crippen LogP contribution in [0.5, 0.6) is 0 Å². The van der Waals surface area contributed by atoms with E-state index in [0.29, 0.717) is 22.3 Å². The molecule has 2 aromatic rings. The van der Waals surface area contributed by atoms with E-state index in [9.17, 15) is 0 Å². The third-order valence-corrected chi connectivity index (χ3v) is 2.78. The summed E-state index contributed by atoms with van der Waals surface area (Å²) in [5, 5.41) is 3.59. The molecule has 0 radical (unpaired) electrons. The lowest BCUT2D eigenvalue weighted by Gasteiger charge is -2.08. The second kappa shape index (κ2) is 4.77. The Hall–Kier alpha value is -1.53. The largest absolute Gasteiger partial charge is 0.383 e. The van der Waals surface area contributed by atoms with Crippen LogP contribution in [0, 0.1) is 0 Å². The number of nitrogen functional groups attached to an aromatic ring is 2. The predicted molar refractivity (Wildman–Crippen MR) is 73.3 cm³/mol. The molecule has 5 nitrogen and oxygen atoms in total. The number of nitrogens with two attached hydrogens (primary N) is 2. The highest BCUT2D eigenvalue weighted by molar-refractivity contribution is 9.10. The summed E-state index contributed by atoms with van der Waals surface area (Å²) in [6.45, 7) is 0. The summed E-state index contributed by atoms with van der Waals surface area (Å²) in [6, 6.07) is 7.02. The maximum Gasteiger partial charge on any atom is 0.223 e. The number of hydrogen-bond acceptors (Lipinski definition) is 5. The van der Waals surface area contributed by atoms with E-state index in [1.165, 1.54) is 0 Å². The summed E-state index contributed by atoms with van der Waals surface area (Å²) in [5.41, 5.74) is 11.8. The SMILES string of the molecule is Nc1cc(Nc2cc(Br)ccc2Cl)nc(N)n1. The zero-order valence-corrected chi connectivity index (χ0v) is 11.0. The molecule has 0 amide bonds. The fourth-order valence-corrected chi connectivity index (χ4v) is 1.81. The first kappa shape index (κ1) is 11.9. The molecule has 7 heteroatoms. The van der Waals surface area contributed by atoms with Gasteiger partial charge < -0.3 is 16.8 Å². The van der Waals surface area contributed by atoms with Crippen LogP contribution in [0.25, 0.3) is 0 Å². The zero-order chi connectivity index (χ0) is 12.4. The van der Waals surface area contributed by atoms with Gasteiger partial charge in [-0.1, -0.05) is 27.5 Å². The molecule has 88 valence electrons. The molecular formula is C10H9BrClN5. The molecule has 0 atom stereocenters. The van der Waals surface area contributed by atoms with Gasteiger partial charge in [0.05, 0.1) is 10.7 Å². The predicted octanol–water partition coefficient (Wildman–Crippen LogP) is 2.80. The van der Waals surface area contributed by atoms with E-state index in [1.54, 1.807) is 12.1 Å². The fraction of sp³-hybridized carbons (Fsp3) is 0. The first-order valence-corrected chi connectivity index (χ1v) is 5.84. The molecular weight excluding hydrogens is 306 g/mol. The van der Waals surface area contributed by atoms with Crippen LogP contribution < -0.4 is 16.8 Å². The van der Waals surface area contributed by atoms with Gasteiger partial charge in [0.25, 0.3) is 0 Å². The van der Waals surface area contributed by atoms with Crippen molar-refractivity contribution in [2.45, 2.75) is 0 Å². The molecule has 0 aliphatic carbocycles. The molecule has 2 rings (SSSR count). The van der Waals surface area contributed by atoms with Crippen molar-refractivity contribution in [1.82, 2.24) is 9.97 Å². The minimum atomic E-state index is 0.110. The standard InChI is InChI=1S/C10H9BrClN5/c11-5-1-2-6(12)7(3-5)15-9-4-8(13)16-10(14)17-9/h1-4H,(H5,13,14,15,16,17). The quantitative estimate of drug-likeness (QED) is 0.793. The molecule has 0 aliphatic rings. The monoisotopic (exact) mass is 313 g/mol. The Kier molecular flexibility index (Phi) is 3.35. The van der Waals surface area contributed by atoms with Gasteiger partial charge in [-0.25, -0.2) is 0 Å². The first-order valence-electron chi connectivity index (χ1n) is 4.67. The molecule has 0 aliphatic heterocycles. The Morgan fingerprint density at radius 3 is 2.65 bits per heavy atom. The second-order valence-corrected chi connectivity index (χ2v) is 4.61. The maximum absolute atomic E-state index is 6.04. The highest BCUT2D eigenvalue weighted by Gasteiger charge is 2.04. The highest BCUT2D eigenvalue weighted by Crippen LogP contribution is 2.28. The number of anilines is 4. The Morgan fingerprint density at radius 2 is 1.94 bits per heavy atom. The van der Waals surface area contributed by atoms with Crippen LogP contribution in [0.1, 0.15) is 0 Å². The average Bonchev–Trinajstić information content (AvgIpc) is 2.22. The molecule has 0 saturated heterocycles. The van der Waals surface area contributed by atoms with E-state index in [1.807, 2.05) is 12.1 Å². The summed E-state index contributed by atoms with van der Waals surface area (Å²) in [7, 11) is 0. The minimum Gasteiger partial charge on any atom is -0.383 e. The van der Waals surface area contributed by atoms with E-state index in [-0.39, 0.29) is 5.95 Å². The van der Waals surface area contributed by atoms with Crippen molar-refractivity contribution >= 4 is 50.8 Å². The minimum absolute atomic E-state index is 0.110. The van der Waals surface area contributed by atoms with Gasteiger partial charge in [0.1, 0.15) is 11.6 Å². The zero-order valence-electron chi connectivity index (χ0n) is 8.61. The number of hydrogen-bond donors (Lipinski definition) is 3. The number of benzene rings is 1. The van der Waals surface area contributed by atoms with E-state index in [4.69, 9.17) is 23.1 Å². The van der Waals surface area contributed by atoms with Gasteiger partial charge in [-0.2, -0.15) is 9.97 Å². The first-order chi connectivity index (χ1) is 8.04. The number of nitrogens with one attached hydrogen (secondary N) is 1. The smallest absolute Gasteiger partial charge is 0.223 e. The summed E-state index contributed by atoms with van der Waals surface area (Å²) in [4.78, 5) is 7.78. The van der Waals surface area contributed by atoms with E-state index in [2.05, 4.69) is 31.2 Å². The van der Waals surface area contributed by atoms with Crippen molar-refractivity contribution in [3.8, 4) is 0 Å². The van der Waals surface area contributed by atoms with Crippen molar-refractivity contribution < 1.29 is 0 Å². The van der Waals surface area contributed by atoms with Crippen LogP contribution in [0.3, 0.4) is 0 Å². The molecule has 17 heavy (non-hydrogen) atoms. The molecule has 1 aromatic heterocycles. The van der Waals surface area contributed by atoms with Gasteiger partial charge in [-0.3, -0.25) is 0 Å². The normalized spacial score (nSPS) is 10.2. The topological polar surface area (TPSA) is 89.8 Å². The Bertz CT molecular complexity index is 540. The fourth-order valence-electron chi connectivity index (χ4n) is 1.28. The molecule has 0 fully saturated rings. The van der Waals surface area contributed by atoms with E-state index < -0.39 is 0 Å². The van der Waals surface area contributed by atoms with Crippen molar-refractivity contribution in [2.24, 2.45) is 0 Å². The van der Waals surface area contributed by atoms with Crippen LogP contribution in [-0.2, 0) is 0 Å². The van der Waals surface area contributed by atoms with Crippen LogP contribution in [-0.4, -0.2) is 9.97 Å². The van der Waals surface area contributed by atoms with Gasteiger partial charge in [0.2, 0.25) is 5.95 Å². The Morgan fingerprint density at radius 1 is 1.18 bits per heavy atom. The second-order valence-electron chi connectivity index (χ2n) is 3.29. The lowest BCUT2D eigenvalue weighted by molar-refractivity contribution is 1.19. The number of nitrogens with zero attached hydrogens (tertiary/aromatic N) is 2. The average molecular weight is 315 g/mol. The molecule has 0 spiro atoms. The van der Waals surface area contributed by atoms with Gasteiger partial charge in [0, 0.05) is 10.5 Å². The molecule has 1 aromatic carbocycles. The van der Waals surface area contributed by atoms with Crippen molar-refractivity contribution in [3.63, 3.8) is 0 Å². The van der Waals surface area contributed by atoms with Crippen LogP contribution in [0.4, 0.5) is 23.3 Å². The van der Waals surface area contributed by atoms with Gasteiger partial charge in [-0.15, -0.1) is 0 Å². The number of halogens is 2. The number of rotatable bonds is 2. The van der Waals surface area contributed by atoms with Gasteiger partial charge in [-0.05, 0) is 18.2 Å². The maximum atomic E-state index is 6.04. The van der Waals surface area contributed by atoms with Crippen LogP contribution >= 0.6 is 27.5 Å². The lowest BCUT2D eigenvalue weighted by Crippen LogP contribution is -2.03. The lowest BCUT2D eigenvalue weighted by atomic mass is 10.3. The van der Waals surface area contributed by atoms with Crippen molar-refractivity contribution in [1.29, 1.82) is 0 Å². The Labute approximate surface area is 111 Å². The van der Waals surface area contributed by atoms with Crippen molar-refractivity contribution in [3.05, 3.63) is 33.8 Å². The molecule has 0 bridgehead atoms. The van der Waals surface area contributed by atoms with Crippen LogP contribution in [0.2, 0.25) is 5.02 Å². The molecule has 1 heterocycles. The summed E-state index contributed by atoms with van der Waals surface area (Å²) in [5.74, 6) is 0.903. The highest BCUT2D eigenvalue weighted by atomic mass is 79.9. The van der Waals surface area contributed by atoms with E-state index in [0.717, 1.165) is 4.47 Å². The molecule has 0 saturated carbocycles.